The summed E-state index contributed by atoms with van der Waals surface area (Å²) in [5.41, 5.74) is -0.0887. The zero-order chi connectivity index (χ0) is 24.3. The predicted octanol–water partition coefficient (Wildman–Crippen LogP) is 4.12. The summed E-state index contributed by atoms with van der Waals surface area (Å²) in [4.78, 5) is 18.4. The van der Waals surface area contributed by atoms with Gasteiger partial charge in [-0.15, -0.1) is 0 Å². The number of imidazole rings is 1. The first-order valence-corrected chi connectivity index (χ1v) is 11.9. The maximum atomic E-state index is 15.1. The van der Waals surface area contributed by atoms with Gasteiger partial charge in [0.2, 0.25) is 5.16 Å². The van der Waals surface area contributed by atoms with Gasteiger partial charge in [0.1, 0.15) is 10.9 Å². The molecule has 0 spiro atoms. The lowest BCUT2D eigenvalue weighted by Gasteiger charge is -2.13. The number of benzene rings is 2. The summed E-state index contributed by atoms with van der Waals surface area (Å²) in [7, 11) is -2.78. The van der Waals surface area contributed by atoms with Crippen LogP contribution in [-0.2, 0) is 16.6 Å². The minimum atomic E-state index is -3.95. The molecule has 0 bridgehead atoms. The van der Waals surface area contributed by atoms with Crippen LogP contribution in [0.15, 0.2) is 40.0 Å². The van der Waals surface area contributed by atoms with Crippen LogP contribution >= 0.6 is 39.1 Å². The first-order valence-electron chi connectivity index (χ1n) is 8.88. The molecule has 0 saturated heterocycles. The van der Waals surface area contributed by atoms with Crippen LogP contribution < -0.4 is 14.8 Å². The molecule has 0 fully saturated rings. The van der Waals surface area contributed by atoms with Gasteiger partial charge >= 0.3 is 0 Å². The molecule has 2 aromatic carbocycles. The van der Waals surface area contributed by atoms with E-state index >= 15 is 4.39 Å². The first-order chi connectivity index (χ1) is 15.6. The number of hydrogen-bond acceptors (Lipinski definition) is 6. The fourth-order valence-corrected chi connectivity index (χ4v) is 4.10. The molecule has 0 aliphatic heterocycles. The molecule has 0 unspecified atom stereocenters. The van der Waals surface area contributed by atoms with Crippen LogP contribution in [0.3, 0.4) is 0 Å². The van der Waals surface area contributed by atoms with Crippen molar-refractivity contribution in [2.75, 3.05) is 7.05 Å². The van der Waals surface area contributed by atoms with Gasteiger partial charge in [-0.05, 0) is 47.2 Å². The van der Waals surface area contributed by atoms with E-state index in [9.17, 15) is 13.2 Å². The molecule has 172 valence electrons. The summed E-state index contributed by atoms with van der Waals surface area (Å²) in [5.74, 6) is -1.66. The van der Waals surface area contributed by atoms with Gasteiger partial charge in [0.15, 0.2) is 17.3 Å². The van der Waals surface area contributed by atoms with Gasteiger partial charge in [0.05, 0.1) is 16.1 Å². The van der Waals surface area contributed by atoms with E-state index in [2.05, 4.69) is 31.2 Å². The molecule has 1 heterocycles. The SMILES string of the molecule is CNS(=O)(=O)c1nc(C(=O)NCc2ccc(Br)c(Oc3cc(Cl)cc(C#N)c3)c2F)c(Cl)[nH]1. The number of aromatic nitrogens is 2. The Bertz CT molecular complexity index is 1390. The van der Waals surface area contributed by atoms with Crippen molar-refractivity contribution in [3.05, 3.63) is 67.6 Å². The molecular weight excluding hydrogens is 564 g/mol. The number of nitrogens with one attached hydrogen (secondary N) is 3. The molecule has 3 rings (SSSR count). The molecule has 0 saturated carbocycles. The van der Waals surface area contributed by atoms with Crippen molar-refractivity contribution in [2.24, 2.45) is 0 Å². The van der Waals surface area contributed by atoms with Crippen molar-refractivity contribution in [1.29, 1.82) is 5.26 Å². The van der Waals surface area contributed by atoms with Crippen molar-refractivity contribution < 1.29 is 22.3 Å². The fraction of sp³-hybridized carbons (Fsp3) is 0.105. The van der Waals surface area contributed by atoms with Gasteiger partial charge in [-0.2, -0.15) is 5.26 Å². The Labute approximate surface area is 206 Å². The second-order valence-electron chi connectivity index (χ2n) is 6.33. The van der Waals surface area contributed by atoms with E-state index in [1.54, 1.807) is 0 Å². The smallest absolute Gasteiger partial charge is 0.274 e. The highest BCUT2D eigenvalue weighted by molar-refractivity contribution is 9.10. The second kappa shape index (κ2) is 10.1. The Morgan fingerprint density at radius 2 is 2.06 bits per heavy atom. The van der Waals surface area contributed by atoms with E-state index in [0.29, 0.717) is 0 Å². The number of amides is 1. The van der Waals surface area contributed by atoms with Crippen molar-refractivity contribution in [3.63, 3.8) is 0 Å². The molecule has 0 atom stereocenters. The van der Waals surface area contributed by atoms with Gasteiger partial charge in [0.25, 0.3) is 15.9 Å². The quantitative estimate of drug-likeness (QED) is 0.387. The zero-order valence-electron chi connectivity index (χ0n) is 16.5. The van der Waals surface area contributed by atoms with Gasteiger partial charge in [-0.1, -0.05) is 29.3 Å². The summed E-state index contributed by atoms with van der Waals surface area (Å²) >= 11 is 15.0. The summed E-state index contributed by atoms with van der Waals surface area (Å²) in [6.45, 7) is -0.287. The van der Waals surface area contributed by atoms with Gasteiger partial charge in [-0.25, -0.2) is 22.5 Å². The highest BCUT2D eigenvalue weighted by Crippen LogP contribution is 2.35. The van der Waals surface area contributed by atoms with Crippen molar-refractivity contribution in [3.8, 4) is 17.6 Å². The van der Waals surface area contributed by atoms with E-state index < -0.39 is 26.9 Å². The van der Waals surface area contributed by atoms with Crippen LogP contribution in [0, 0.1) is 17.1 Å². The van der Waals surface area contributed by atoms with Crippen LogP contribution in [-0.4, -0.2) is 31.3 Å². The van der Waals surface area contributed by atoms with Crippen LogP contribution in [0.2, 0.25) is 10.2 Å². The maximum absolute atomic E-state index is 15.1. The minimum absolute atomic E-state index is 0.0545. The Hall–Kier alpha value is -2.69. The molecule has 0 aliphatic carbocycles. The predicted molar refractivity (Wildman–Crippen MR) is 121 cm³/mol. The largest absolute Gasteiger partial charge is 0.453 e. The number of ether oxygens (including phenoxy) is 1. The van der Waals surface area contributed by atoms with Crippen LogP contribution in [0.25, 0.3) is 0 Å². The third-order valence-electron chi connectivity index (χ3n) is 4.17. The maximum Gasteiger partial charge on any atom is 0.274 e. The zero-order valence-corrected chi connectivity index (χ0v) is 20.5. The third-order valence-corrected chi connectivity index (χ3v) is 6.52. The third kappa shape index (κ3) is 5.63. The van der Waals surface area contributed by atoms with Gasteiger partial charge in [-0.3, -0.25) is 4.79 Å². The standard InChI is InChI=1S/C19H13BrCl2FN5O4S/c1-25-33(30,31)19-27-15(17(22)28-19)18(29)26-8-10-2-3-13(20)16(14(10)23)32-12-5-9(7-24)4-11(21)6-12/h2-6,25H,8H2,1H3,(H,26,29)(H,27,28). The molecule has 1 aromatic heterocycles. The number of carbonyl (C=O) groups excluding carboxylic acids is 1. The molecule has 9 nitrogen and oxygen atoms in total. The molecule has 33 heavy (non-hydrogen) atoms. The Morgan fingerprint density at radius 3 is 2.73 bits per heavy atom. The van der Waals surface area contributed by atoms with Gasteiger partial charge < -0.3 is 15.0 Å². The summed E-state index contributed by atoms with van der Waals surface area (Å²) in [6.07, 6.45) is 0. The normalized spacial score (nSPS) is 11.2. The molecular formula is C19H13BrCl2FN5O4S. The van der Waals surface area contributed by atoms with E-state index in [-0.39, 0.29) is 49.5 Å². The molecule has 1 amide bonds. The number of hydrogen-bond donors (Lipinski definition) is 3. The van der Waals surface area contributed by atoms with Gasteiger partial charge in [0, 0.05) is 17.1 Å². The lowest BCUT2D eigenvalue weighted by Crippen LogP contribution is -2.24. The van der Waals surface area contributed by atoms with Crippen LogP contribution in [0.5, 0.6) is 11.5 Å². The molecule has 0 aliphatic rings. The number of nitrogens with zero attached hydrogens (tertiary/aromatic N) is 2. The number of halogens is 4. The fourth-order valence-electron chi connectivity index (χ4n) is 2.57. The van der Waals surface area contributed by atoms with Crippen LogP contribution in [0.1, 0.15) is 21.6 Å². The molecule has 14 heteroatoms. The Balaban J connectivity index is 1.81. The number of rotatable bonds is 7. The van der Waals surface area contributed by atoms with Crippen molar-refractivity contribution in [2.45, 2.75) is 11.7 Å². The number of carbonyl (C=O) groups is 1. The average molecular weight is 577 g/mol. The van der Waals surface area contributed by atoms with Crippen molar-refractivity contribution >= 4 is 55.1 Å². The summed E-state index contributed by atoms with van der Waals surface area (Å²) in [6, 6.07) is 9.08. The van der Waals surface area contributed by atoms with E-state index in [0.717, 1.165) is 0 Å². The first kappa shape index (κ1) is 24.9. The second-order valence-corrected chi connectivity index (χ2v) is 9.80. The number of H-pyrrole nitrogens is 1. The van der Waals surface area contributed by atoms with E-state index in [4.69, 9.17) is 33.2 Å². The summed E-state index contributed by atoms with van der Waals surface area (Å²) in [5, 5.41) is 10.9. The minimum Gasteiger partial charge on any atom is -0.453 e. The van der Waals surface area contributed by atoms with Crippen molar-refractivity contribution in [1.82, 2.24) is 20.0 Å². The number of sulfonamides is 1. The lowest BCUT2D eigenvalue weighted by atomic mass is 10.2. The average Bonchev–Trinajstić information content (AvgIpc) is 3.18. The van der Waals surface area contributed by atoms with E-state index in [1.165, 1.54) is 37.4 Å². The molecule has 3 N–H and O–H groups in total. The molecule has 3 aromatic rings. The molecule has 0 radical (unpaired) electrons. The highest BCUT2D eigenvalue weighted by atomic mass is 79.9. The Morgan fingerprint density at radius 1 is 1.33 bits per heavy atom. The van der Waals surface area contributed by atoms with E-state index in [1.807, 2.05) is 10.8 Å². The highest BCUT2D eigenvalue weighted by Gasteiger charge is 2.23. The number of nitriles is 1. The summed E-state index contributed by atoms with van der Waals surface area (Å²) < 4.78 is 46.6. The lowest BCUT2D eigenvalue weighted by molar-refractivity contribution is 0.0946. The topological polar surface area (TPSA) is 137 Å². The number of aromatic amines is 1. The monoisotopic (exact) mass is 575 g/mol. The Kier molecular flexibility index (Phi) is 7.61. The van der Waals surface area contributed by atoms with Crippen LogP contribution in [0.4, 0.5) is 4.39 Å².